The van der Waals surface area contributed by atoms with Gasteiger partial charge in [0.05, 0.1) is 7.11 Å². The predicted molar refractivity (Wildman–Crippen MR) is 96.3 cm³/mol. The maximum atomic E-state index is 5.46. The molecule has 4 rings (SSSR count). The molecule has 3 aliphatic rings. The molecule has 3 heteroatoms. The summed E-state index contributed by atoms with van der Waals surface area (Å²) in [7, 11) is 1.78. The largest absolute Gasteiger partial charge is 0.497 e. The summed E-state index contributed by atoms with van der Waals surface area (Å²) in [5.41, 5.74) is 3.08. The van der Waals surface area contributed by atoms with E-state index in [0.717, 1.165) is 23.6 Å². The maximum Gasteiger partial charge on any atom is 0.119 e. The Morgan fingerprint density at radius 3 is 2.26 bits per heavy atom. The maximum absolute atomic E-state index is 5.46. The van der Waals surface area contributed by atoms with E-state index in [0.29, 0.717) is 5.92 Å². The molecule has 0 bridgehead atoms. The monoisotopic (exact) mass is 322 g/mol. The molecular weight excluding hydrogens is 293 g/mol. The second-order valence-corrected chi connectivity index (χ2v) is 7.80. The van der Waals surface area contributed by atoms with Crippen molar-refractivity contribution in [2.45, 2.75) is 57.4 Å². The van der Waals surface area contributed by atoms with Gasteiger partial charge >= 0.3 is 0 Å². The van der Waals surface area contributed by atoms with Crippen LogP contribution in [0, 0.1) is 11.8 Å². The zero-order valence-electron chi connectivity index (χ0n) is 15.1. The molecule has 0 unspecified atom stereocenters. The molecule has 2 atom stereocenters. The van der Waals surface area contributed by atoms with Crippen LogP contribution in [-0.4, -0.2) is 60.7 Å². The van der Waals surface area contributed by atoms with Gasteiger partial charge in [-0.15, -0.1) is 0 Å². The van der Waals surface area contributed by atoms with E-state index in [1.54, 1.807) is 12.7 Å². The van der Waals surface area contributed by atoms with Gasteiger partial charge in [0, 0.05) is 48.7 Å². The Kier molecular flexibility index (Phi) is 5.78. The Morgan fingerprint density at radius 1 is 1.04 bits per heavy atom. The van der Waals surface area contributed by atoms with Crippen LogP contribution >= 0.6 is 0 Å². The molecule has 2 nitrogen and oxygen atoms in total. The van der Waals surface area contributed by atoms with Crippen molar-refractivity contribution in [2.24, 2.45) is 11.8 Å². The Hall–Kier alpha value is -0.0200. The number of ether oxygens (including phenoxy) is 1. The summed E-state index contributed by atoms with van der Waals surface area (Å²) in [5.74, 6) is 3.65. The van der Waals surface area contributed by atoms with E-state index in [4.69, 9.17) is 4.74 Å². The van der Waals surface area contributed by atoms with Crippen LogP contribution in [0.2, 0.25) is 0 Å². The fraction of sp³-hybridized carbons (Fsp3) is 0.700. The fourth-order valence-electron chi connectivity index (χ4n) is 4.22. The molecule has 2 saturated carbocycles. The molecule has 1 aromatic rings. The van der Waals surface area contributed by atoms with Gasteiger partial charge in [0.1, 0.15) is 5.75 Å². The number of hydrogen-bond acceptors (Lipinski definition) is 2. The third-order valence-electron chi connectivity index (χ3n) is 5.98. The summed E-state index contributed by atoms with van der Waals surface area (Å²) in [6.45, 7) is 5.14. The summed E-state index contributed by atoms with van der Waals surface area (Å²) in [6, 6.07) is 7.43. The molecule has 1 aromatic carbocycles. The zero-order valence-corrected chi connectivity index (χ0v) is 17.1. The Bertz CT molecular complexity index is 524. The van der Waals surface area contributed by atoms with E-state index >= 15 is 0 Å². The third-order valence-corrected chi connectivity index (χ3v) is 5.98. The molecule has 0 spiro atoms. The number of hydrogen-bond donors (Lipinski definition) is 0. The zero-order chi connectivity index (χ0) is 15.1. The molecule has 121 valence electrons. The van der Waals surface area contributed by atoms with Gasteiger partial charge in [-0.25, -0.2) is 0 Å². The molecule has 2 fully saturated rings. The van der Waals surface area contributed by atoms with E-state index in [2.05, 4.69) is 30.0 Å². The summed E-state index contributed by atoms with van der Waals surface area (Å²) < 4.78 is 5.46. The van der Waals surface area contributed by atoms with Gasteiger partial charge in [0.15, 0.2) is 0 Å². The van der Waals surface area contributed by atoms with E-state index in [1.807, 2.05) is 0 Å². The molecule has 0 heterocycles. The van der Waals surface area contributed by atoms with Crippen molar-refractivity contribution in [1.82, 2.24) is 4.90 Å². The Labute approximate surface area is 163 Å². The van der Waals surface area contributed by atoms with Crippen molar-refractivity contribution < 1.29 is 4.74 Å². The summed E-state index contributed by atoms with van der Waals surface area (Å²) in [4.78, 5) is 2.86. The normalized spacial score (nSPS) is 26.6. The van der Waals surface area contributed by atoms with Gasteiger partial charge in [0.25, 0.3) is 0 Å². The van der Waals surface area contributed by atoms with Crippen molar-refractivity contribution in [1.29, 1.82) is 0 Å². The number of fused-ring (bicyclic) bond motifs is 1. The predicted octanol–water partition coefficient (Wildman–Crippen LogP) is 3.85. The van der Waals surface area contributed by atoms with Crippen LogP contribution in [-0.2, 0) is 6.42 Å². The van der Waals surface area contributed by atoms with Gasteiger partial charge < -0.3 is 4.74 Å². The van der Waals surface area contributed by atoms with Crippen LogP contribution in [0.5, 0.6) is 5.75 Å². The van der Waals surface area contributed by atoms with Gasteiger partial charge in [0.2, 0.25) is 0 Å². The van der Waals surface area contributed by atoms with E-state index < -0.39 is 0 Å². The van der Waals surface area contributed by atoms with Crippen LogP contribution in [0.1, 0.15) is 56.1 Å². The van der Waals surface area contributed by atoms with Crippen LogP contribution in [0.15, 0.2) is 18.2 Å². The molecule has 0 aromatic heterocycles. The second kappa shape index (κ2) is 7.47. The SMILES string of the molecule is COc1ccc2c(c1)[C@@H](C)[C@@H](N(CC1CC1)CC1CC1)CC2.[Na]. The van der Waals surface area contributed by atoms with Gasteiger partial charge in [-0.05, 0) is 79.5 Å². The molecule has 0 saturated heterocycles. The second-order valence-electron chi connectivity index (χ2n) is 7.80. The minimum atomic E-state index is 0. The van der Waals surface area contributed by atoms with E-state index in [-0.39, 0.29) is 29.6 Å². The molecule has 0 aliphatic heterocycles. The number of nitrogens with zero attached hydrogens (tertiary/aromatic N) is 1. The van der Waals surface area contributed by atoms with Gasteiger partial charge in [-0.2, -0.15) is 0 Å². The molecular formula is C20H29NNaO. The first-order chi connectivity index (χ1) is 10.7. The topological polar surface area (TPSA) is 12.5 Å². The Morgan fingerprint density at radius 2 is 1.70 bits per heavy atom. The summed E-state index contributed by atoms with van der Waals surface area (Å²) in [6.07, 6.45) is 8.43. The standard InChI is InChI=1S/C20H29NO.Na/c1-14-19-11-18(22-2)9-7-17(19)8-10-20(14)21(12-15-3-4-15)13-16-5-6-16;/h7,9,11,14-16,20H,3-6,8,10,12-13H2,1-2H3;/t14-,20+;/m1./s1. The molecule has 23 heavy (non-hydrogen) atoms. The van der Waals surface area contributed by atoms with E-state index in [9.17, 15) is 0 Å². The molecule has 0 amide bonds. The summed E-state index contributed by atoms with van der Waals surface area (Å²) >= 11 is 0. The van der Waals surface area contributed by atoms with E-state index in [1.165, 1.54) is 57.2 Å². The van der Waals surface area contributed by atoms with Crippen LogP contribution in [0.25, 0.3) is 0 Å². The van der Waals surface area contributed by atoms with Crippen molar-refractivity contribution in [3.05, 3.63) is 29.3 Å². The quantitative estimate of drug-likeness (QED) is 0.738. The van der Waals surface area contributed by atoms with Crippen molar-refractivity contribution in [2.75, 3.05) is 20.2 Å². The average molecular weight is 322 g/mol. The minimum Gasteiger partial charge on any atom is -0.497 e. The first-order valence-electron chi connectivity index (χ1n) is 9.15. The fourth-order valence-corrected chi connectivity index (χ4v) is 4.22. The first-order valence-corrected chi connectivity index (χ1v) is 9.15. The minimum absolute atomic E-state index is 0. The molecule has 1 radical (unpaired) electrons. The first kappa shape index (κ1) is 17.8. The number of aryl methyl sites for hydroxylation is 1. The van der Waals surface area contributed by atoms with Crippen LogP contribution in [0.3, 0.4) is 0 Å². The van der Waals surface area contributed by atoms with Gasteiger partial charge in [-0.1, -0.05) is 13.0 Å². The van der Waals surface area contributed by atoms with Crippen LogP contribution < -0.4 is 4.74 Å². The summed E-state index contributed by atoms with van der Waals surface area (Å²) in [5, 5.41) is 0. The van der Waals surface area contributed by atoms with Crippen molar-refractivity contribution in [3.63, 3.8) is 0 Å². The average Bonchev–Trinajstić information content (AvgIpc) is 3.43. The third kappa shape index (κ3) is 4.15. The molecule has 0 N–H and O–H groups in total. The molecule has 3 aliphatic carbocycles. The van der Waals surface area contributed by atoms with Crippen molar-refractivity contribution >= 4 is 29.6 Å². The smallest absolute Gasteiger partial charge is 0.119 e. The van der Waals surface area contributed by atoms with Crippen LogP contribution in [0.4, 0.5) is 0 Å². The number of rotatable bonds is 6. The van der Waals surface area contributed by atoms with Gasteiger partial charge in [-0.3, -0.25) is 4.90 Å². The number of methoxy groups -OCH3 is 1. The van der Waals surface area contributed by atoms with Crippen molar-refractivity contribution in [3.8, 4) is 5.75 Å². The Balaban J connectivity index is 0.00000156. The number of benzene rings is 1.